The SMILES string of the molecule is Clc1ccc(CNc2nc(N3CCNCC3)nc(N3CCNCC3)n2)cc1. The van der Waals surface area contributed by atoms with Crippen LogP contribution in [0.4, 0.5) is 17.8 Å². The summed E-state index contributed by atoms with van der Waals surface area (Å²) < 4.78 is 0. The number of nitrogens with zero attached hydrogens (tertiary/aromatic N) is 5. The lowest BCUT2D eigenvalue weighted by molar-refractivity contribution is 0.568. The average molecular weight is 389 g/mol. The monoisotopic (exact) mass is 388 g/mol. The van der Waals surface area contributed by atoms with Crippen molar-refractivity contribution in [1.82, 2.24) is 25.6 Å². The van der Waals surface area contributed by atoms with Gasteiger partial charge in [-0.2, -0.15) is 15.0 Å². The summed E-state index contributed by atoms with van der Waals surface area (Å²) in [7, 11) is 0. The van der Waals surface area contributed by atoms with Crippen LogP contribution in [0, 0.1) is 0 Å². The zero-order valence-electron chi connectivity index (χ0n) is 15.3. The molecular formula is C18H25ClN8. The van der Waals surface area contributed by atoms with E-state index >= 15 is 0 Å². The van der Waals surface area contributed by atoms with Crippen LogP contribution >= 0.6 is 11.6 Å². The molecule has 8 nitrogen and oxygen atoms in total. The molecule has 9 heteroatoms. The van der Waals surface area contributed by atoms with Gasteiger partial charge in [0.25, 0.3) is 0 Å². The lowest BCUT2D eigenvalue weighted by Gasteiger charge is -2.30. The molecule has 0 radical (unpaired) electrons. The van der Waals surface area contributed by atoms with Crippen molar-refractivity contribution >= 4 is 29.4 Å². The van der Waals surface area contributed by atoms with Crippen molar-refractivity contribution in [2.75, 3.05) is 67.5 Å². The maximum absolute atomic E-state index is 5.97. The molecule has 0 atom stereocenters. The molecule has 2 aromatic rings. The summed E-state index contributed by atoms with van der Waals surface area (Å²) >= 11 is 5.97. The van der Waals surface area contributed by atoms with Crippen molar-refractivity contribution in [1.29, 1.82) is 0 Å². The Morgan fingerprint density at radius 1 is 0.815 bits per heavy atom. The van der Waals surface area contributed by atoms with E-state index in [0.29, 0.717) is 12.5 Å². The number of nitrogens with one attached hydrogen (secondary N) is 3. The summed E-state index contributed by atoms with van der Waals surface area (Å²) in [4.78, 5) is 18.6. The van der Waals surface area contributed by atoms with E-state index < -0.39 is 0 Å². The first kappa shape index (κ1) is 18.2. The van der Waals surface area contributed by atoms with Gasteiger partial charge < -0.3 is 25.8 Å². The van der Waals surface area contributed by atoms with Crippen LogP contribution in [-0.4, -0.2) is 67.3 Å². The topological polar surface area (TPSA) is 81.2 Å². The van der Waals surface area contributed by atoms with E-state index in [4.69, 9.17) is 16.6 Å². The average Bonchev–Trinajstić information content (AvgIpc) is 2.74. The molecule has 2 aliphatic heterocycles. The molecule has 1 aromatic carbocycles. The Bertz CT molecular complexity index is 705. The molecule has 0 unspecified atom stereocenters. The number of aromatic nitrogens is 3. The van der Waals surface area contributed by atoms with E-state index in [1.807, 2.05) is 24.3 Å². The normalized spacial score (nSPS) is 17.8. The minimum Gasteiger partial charge on any atom is -0.350 e. The molecule has 3 N–H and O–H groups in total. The van der Waals surface area contributed by atoms with Gasteiger partial charge in [-0.05, 0) is 17.7 Å². The third kappa shape index (κ3) is 4.77. The molecule has 2 fully saturated rings. The zero-order chi connectivity index (χ0) is 18.5. The Morgan fingerprint density at radius 2 is 1.33 bits per heavy atom. The highest BCUT2D eigenvalue weighted by Crippen LogP contribution is 2.18. The Morgan fingerprint density at radius 3 is 1.85 bits per heavy atom. The number of rotatable bonds is 5. The summed E-state index contributed by atoms with van der Waals surface area (Å²) in [6, 6.07) is 7.80. The molecule has 0 aliphatic carbocycles. The van der Waals surface area contributed by atoms with Gasteiger partial charge in [0, 0.05) is 63.9 Å². The maximum Gasteiger partial charge on any atom is 0.232 e. The number of anilines is 3. The molecule has 2 saturated heterocycles. The molecule has 0 bridgehead atoms. The summed E-state index contributed by atoms with van der Waals surface area (Å²) in [5, 5.41) is 10.8. The molecule has 2 aliphatic rings. The fourth-order valence-corrected chi connectivity index (χ4v) is 3.35. The summed E-state index contributed by atoms with van der Waals surface area (Å²) in [5.74, 6) is 2.11. The molecule has 0 spiro atoms. The van der Waals surface area contributed by atoms with Crippen molar-refractivity contribution in [3.8, 4) is 0 Å². The van der Waals surface area contributed by atoms with E-state index in [1.54, 1.807) is 0 Å². The number of hydrogen-bond acceptors (Lipinski definition) is 8. The third-order valence-electron chi connectivity index (χ3n) is 4.78. The van der Waals surface area contributed by atoms with Gasteiger partial charge in [0.05, 0.1) is 0 Å². The van der Waals surface area contributed by atoms with Crippen LogP contribution in [0.15, 0.2) is 24.3 Å². The lowest BCUT2D eigenvalue weighted by atomic mass is 10.2. The molecule has 1 aromatic heterocycles. The van der Waals surface area contributed by atoms with Crippen LogP contribution in [0.3, 0.4) is 0 Å². The fourth-order valence-electron chi connectivity index (χ4n) is 3.23. The number of hydrogen-bond donors (Lipinski definition) is 3. The second-order valence-corrected chi connectivity index (χ2v) is 7.15. The molecule has 27 heavy (non-hydrogen) atoms. The van der Waals surface area contributed by atoms with Gasteiger partial charge in [-0.15, -0.1) is 0 Å². The first-order valence-corrected chi connectivity index (χ1v) is 9.81. The minimum atomic E-state index is 0.613. The number of benzene rings is 1. The third-order valence-corrected chi connectivity index (χ3v) is 5.03. The van der Waals surface area contributed by atoms with Crippen LogP contribution in [0.25, 0.3) is 0 Å². The van der Waals surface area contributed by atoms with Crippen molar-refractivity contribution in [3.63, 3.8) is 0 Å². The van der Waals surface area contributed by atoms with Crippen molar-refractivity contribution in [3.05, 3.63) is 34.9 Å². The lowest BCUT2D eigenvalue weighted by Crippen LogP contribution is -2.46. The molecule has 0 amide bonds. The van der Waals surface area contributed by atoms with Gasteiger partial charge in [0.15, 0.2) is 0 Å². The minimum absolute atomic E-state index is 0.613. The first-order valence-electron chi connectivity index (χ1n) is 9.44. The summed E-state index contributed by atoms with van der Waals surface area (Å²) in [6.07, 6.45) is 0. The molecule has 3 heterocycles. The van der Waals surface area contributed by atoms with E-state index in [1.165, 1.54) is 0 Å². The summed E-state index contributed by atoms with van der Waals surface area (Å²) in [6.45, 7) is 8.05. The Hall–Kier alpha value is -2.16. The van der Waals surface area contributed by atoms with E-state index in [-0.39, 0.29) is 0 Å². The van der Waals surface area contributed by atoms with Crippen molar-refractivity contribution < 1.29 is 0 Å². The van der Waals surface area contributed by atoms with Gasteiger partial charge >= 0.3 is 0 Å². The standard InChI is InChI=1S/C18H25ClN8/c19-15-3-1-14(2-4-15)13-22-16-23-17(26-9-5-20-6-10-26)25-18(24-16)27-11-7-21-8-12-27/h1-4,20-21H,5-13H2,(H,22,23,24,25). The molecule has 4 rings (SSSR count). The van der Waals surface area contributed by atoms with Crippen LogP contribution in [0.5, 0.6) is 0 Å². The van der Waals surface area contributed by atoms with Gasteiger partial charge in [-0.25, -0.2) is 0 Å². The quantitative estimate of drug-likeness (QED) is 0.698. The van der Waals surface area contributed by atoms with Crippen LogP contribution < -0.4 is 25.8 Å². The van der Waals surface area contributed by atoms with Crippen LogP contribution in [0.1, 0.15) is 5.56 Å². The summed E-state index contributed by atoms with van der Waals surface area (Å²) in [5.41, 5.74) is 1.13. The molecule has 144 valence electrons. The Kier molecular flexibility index (Phi) is 5.86. The molecular weight excluding hydrogens is 364 g/mol. The highest BCUT2D eigenvalue weighted by atomic mass is 35.5. The van der Waals surface area contributed by atoms with E-state index in [0.717, 1.165) is 74.8 Å². The highest BCUT2D eigenvalue weighted by Gasteiger charge is 2.20. The smallest absolute Gasteiger partial charge is 0.232 e. The second kappa shape index (κ2) is 8.69. The van der Waals surface area contributed by atoms with E-state index in [2.05, 4.69) is 35.7 Å². The van der Waals surface area contributed by atoms with Gasteiger partial charge in [-0.1, -0.05) is 23.7 Å². The zero-order valence-corrected chi connectivity index (χ0v) is 16.0. The van der Waals surface area contributed by atoms with Crippen LogP contribution in [0.2, 0.25) is 5.02 Å². The van der Waals surface area contributed by atoms with Crippen molar-refractivity contribution in [2.24, 2.45) is 0 Å². The Balaban J connectivity index is 1.55. The highest BCUT2D eigenvalue weighted by molar-refractivity contribution is 6.30. The molecule has 0 saturated carbocycles. The van der Waals surface area contributed by atoms with Crippen LogP contribution in [-0.2, 0) is 6.54 Å². The predicted octanol–water partition coefficient (Wildman–Crippen LogP) is 0.956. The predicted molar refractivity (Wildman–Crippen MR) is 109 cm³/mol. The Labute approximate surface area is 164 Å². The van der Waals surface area contributed by atoms with Gasteiger partial charge in [0.2, 0.25) is 17.8 Å². The largest absolute Gasteiger partial charge is 0.350 e. The fraction of sp³-hybridized carbons (Fsp3) is 0.500. The maximum atomic E-state index is 5.97. The number of piperazine rings is 2. The van der Waals surface area contributed by atoms with Gasteiger partial charge in [0.1, 0.15) is 0 Å². The first-order chi connectivity index (χ1) is 13.3. The second-order valence-electron chi connectivity index (χ2n) is 6.71. The van der Waals surface area contributed by atoms with Crippen molar-refractivity contribution in [2.45, 2.75) is 6.54 Å². The number of halogens is 1. The van der Waals surface area contributed by atoms with Gasteiger partial charge in [-0.3, -0.25) is 0 Å². The van der Waals surface area contributed by atoms with E-state index in [9.17, 15) is 0 Å².